The van der Waals surface area contributed by atoms with Crippen LogP contribution in [0.25, 0.3) is 0 Å². The molecule has 0 bridgehead atoms. The molecule has 0 aliphatic carbocycles. The van der Waals surface area contributed by atoms with Gasteiger partial charge in [0.2, 0.25) is 0 Å². The van der Waals surface area contributed by atoms with Gasteiger partial charge >= 0.3 is 0 Å². The Balaban J connectivity index is 2.16. The van der Waals surface area contributed by atoms with Gasteiger partial charge in [-0.05, 0) is 18.4 Å². The zero-order chi connectivity index (χ0) is 12.1. The highest BCUT2D eigenvalue weighted by Gasteiger charge is 2.08. The summed E-state index contributed by atoms with van der Waals surface area (Å²) < 4.78 is 0. The summed E-state index contributed by atoms with van der Waals surface area (Å²) >= 11 is 1.74. The summed E-state index contributed by atoms with van der Waals surface area (Å²) in [6.45, 7) is 3.81. The summed E-state index contributed by atoms with van der Waals surface area (Å²) in [7, 11) is 0. The number of nitrogens with one attached hydrogen (secondary N) is 1. The molecule has 2 aromatic heterocycles. The molecule has 0 atom stereocenters. The van der Waals surface area contributed by atoms with Crippen molar-refractivity contribution in [2.75, 3.05) is 16.9 Å². The fourth-order valence-corrected chi connectivity index (χ4v) is 2.24. The summed E-state index contributed by atoms with van der Waals surface area (Å²) in [6.07, 6.45) is 3.35. The second-order valence-corrected chi connectivity index (χ2v) is 4.53. The van der Waals surface area contributed by atoms with Crippen molar-refractivity contribution < 1.29 is 0 Å². The van der Waals surface area contributed by atoms with Gasteiger partial charge in [-0.2, -0.15) is 0 Å². The minimum absolute atomic E-state index is 0.576. The van der Waals surface area contributed by atoms with E-state index in [0.717, 1.165) is 18.9 Å². The molecule has 0 unspecified atom stereocenters. The molecule has 17 heavy (non-hydrogen) atoms. The zero-order valence-electron chi connectivity index (χ0n) is 9.63. The second-order valence-electron chi connectivity index (χ2n) is 3.50. The third-order valence-electron chi connectivity index (χ3n) is 2.40. The zero-order valence-corrected chi connectivity index (χ0v) is 10.4. The summed E-state index contributed by atoms with van der Waals surface area (Å²) in [5.74, 6) is 6.73. The lowest BCUT2D eigenvalue weighted by atomic mass is 10.4. The van der Waals surface area contributed by atoms with Crippen LogP contribution in [0.4, 0.5) is 11.6 Å². The van der Waals surface area contributed by atoms with E-state index in [-0.39, 0.29) is 0 Å². The number of thiophene rings is 1. The Kier molecular flexibility index (Phi) is 3.89. The van der Waals surface area contributed by atoms with Crippen LogP contribution in [-0.4, -0.2) is 16.5 Å². The predicted octanol–water partition coefficient (Wildman–Crippen LogP) is 1.85. The van der Waals surface area contributed by atoms with Gasteiger partial charge < -0.3 is 10.3 Å². The van der Waals surface area contributed by atoms with Gasteiger partial charge in [-0.25, -0.2) is 10.8 Å². The Labute approximate surface area is 104 Å². The number of nitrogens with zero attached hydrogens (tertiary/aromatic N) is 3. The highest BCUT2D eigenvalue weighted by Crippen LogP contribution is 2.17. The second kappa shape index (κ2) is 5.60. The van der Waals surface area contributed by atoms with Gasteiger partial charge in [0.05, 0.1) is 18.9 Å². The Bertz CT molecular complexity index is 457. The number of hydrogen-bond donors (Lipinski definition) is 2. The minimum Gasteiger partial charge on any atom is -0.350 e. The van der Waals surface area contributed by atoms with E-state index < -0.39 is 0 Å². The molecule has 3 N–H and O–H groups in total. The maximum absolute atomic E-state index is 5.33. The monoisotopic (exact) mass is 249 g/mol. The van der Waals surface area contributed by atoms with Crippen molar-refractivity contribution >= 4 is 23.0 Å². The minimum atomic E-state index is 0.576. The molecule has 0 aliphatic heterocycles. The number of nitrogens with two attached hydrogens (primary N) is 1. The standard InChI is InChI=1S/C11H15N5S/c1-2-16(8-9-4-3-5-17-9)11-7-13-6-10(14-11)15-12/h3-7H,2,8,12H2,1H3,(H,14,15). The molecule has 6 heteroatoms. The molecule has 0 saturated carbocycles. The molecular formula is C11H15N5S. The van der Waals surface area contributed by atoms with Crippen LogP contribution in [0.15, 0.2) is 29.9 Å². The molecule has 0 fully saturated rings. The number of aromatic nitrogens is 2. The van der Waals surface area contributed by atoms with E-state index in [1.165, 1.54) is 4.88 Å². The first-order valence-corrected chi connectivity index (χ1v) is 6.27. The maximum atomic E-state index is 5.33. The van der Waals surface area contributed by atoms with Crippen LogP contribution in [0.1, 0.15) is 11.8 Å². The Morgan fingerprint density at radius 1 is 1.47 bits per heavy atom. The van der Waals surface area contributed by atoms with Gasteiger partial charge in [-0.3, -0.25) is 4.98 Å². The quantitative estimate of drug-likeness (QED) is 0.625. The van der Waals surface area contributed by atoms with Crippen molar-refractivity contribution in [1.82, 2.24) is 9.97 Å². The van der Waals surface area contributed by atoms with Crippen LogP contribution >= 0.6 is 11.3 Å². The number of hydrazine groups is 1. The van der Waals surface area contributed by atoms with Crippen molar-refractivity contribution in [3.63, 3.8) is 0 Å². The normalized spacial score (nSPS) is 10.2. The van der Waals surface area contributed by atoms with Crippen LogP contribution in [0.5, 0.6) is 0 Å². The summed E-state index contributed by atoms with van der Waals surface area (Å²) in [4.78, 5) is 11.9. The molecular weight excluding hydrogens is 234 g/mol. The first-order chi connectivity index (χ1) is 8.33. The molecule has 0 radical (unpaired) electrons. The van der Waals surface area contributed by atoms with E-state index in [4.69, 9.17) is 5.84 Å². The highest BCUT2D eigenvalue weighted by molar-refractivity contribution is 7.09. The van der Waals surface area contributed by atoms with Gasteiger partial charge in [-0.1, -0.05) is 6.07 Å². The number of nitrogen functional groups attached to an aromatic ring is 1. The predicted molar refractivity (Wildman–Crippen MR) is 70.9 cm³/mol. The fraction of sp³-hybridized carbons (Fsp3) is 0.273. The van der Waals surface area contributed by atoms with Crippen LogP contribution in [0, 0.1) is 0 Å². The third kappa shape index (κ3) is 2.92. The molecule has 2 rings (SSSR count). The summed E-state index contributed by atoms with van der Waals surface area (Å²) in [5, 5.41) is 2.08. The molecule has 0 aliphatic rings. The largest absolute Gasteiger partial charge is 0.350 e. The first kappa shape index (κ1) is 11.8. The van der Waals surface area contributed by atoms with Crippen LogP contribution in [-0.2, 0) is 6.54 Å². The number of hydrogen-bond acceptors (Lipinski definition) is 6. The average Bonchev–Trinajstić information content (AvgIpc) is 2.89. The molecule has 2 heterocycles. The lowest BCUT2D eigenvalue weighted by Gasteiger charge is -2.21. The van der Waals surface area contributed by atoms with Crippen molar-refractivity contribution in [3.05, 3.63) is 34.8 Å². The van der Waals surface area contributed by atoms with Gasteiger partial charge in [0, 0.05) is 11.4 Å². The molecule has 0 aromatic carbocycles. The Morgan fingerprint density at radius 2 is 2.35 bits per heavy atom. The van der Waals surface area contributed by atoms with Gasteiger partial charge in [0.1, 0.15) is 5.82 Å². The maximum Gasteiger partial charge on any atom is 0.160 e. The summed E-state index contributed by atoms with van der Waals surface area (Å²) in [5.41, 5.74) is 2.51. The van der Waals surface area contributed by atoms with Gasteiger partial charge in [0.25, 0.3) is 0 Å². The Hall–Kier alpha value is -1.66. The highest BCUT2D eigenvalue weighted by atomic mass is 32.1. The SMILES string of the molecule is CCN(Cc1cccs1)c1cncc(NN)n1. The van der Waals surface area contributed by atoms with Crippen molar-refractivity contribution in [3.8, 4) is 0 Å². The van der Waals surface area contributed by atoms with Crippen LogP contribution in [0.2, 0.25) is 0 Å². The Morgan fingerprint density at radius 3 is 3.00 bits per heavy atom. The number of anilines is 2. The molecule has 5 nitrogen and oxygen atoms in total. The average molecular weight is 249 g/mol. The third-order valence-corrected chi connectivity index (χ3v) is 3.26. The lowest BCUT2D eigenvalue weighted by Crippen LogP contribution is -2.23. The fourth-order valence-electron chi connectivity index (χ4n) is 1.52. The van der Waals surface area contributed by atoms with E-state index in [0.29, 0.717) is 5.82 Å². The van der Waals surface area contributed by atoms with E-state index >= 15 is 0 Å². The molecule has 2 aromatic rings. The topological polar surface area (TPSA) is 67.1 Å². The van der Waals surface area contributed by atoms with Crippen molar-refractivity contribution in [2.45, 2.75) is 13.5 Å². The van der Waals surface area contributed by atoms with Gasteiger partial charge in [0.15, 0.2) is 5.82 Å². The molecule has 0 saturated heterocycles. The van der Waals surface area contributed by atoms with Crippen LogP contribution < -0.4 is 16.2 Å². The first-order valence-electron chi connectivity index (χ1n) is 5.39. The van der Waals surface area contributed by atoms with Crippen molar-refractivity contribution in [1.29, 1.82) is 0 Å². The van der Waals surface area contributed by atoms with Gasteiger partial charge in [-0.15, -0.1) is 11.3 Å². The van der Waals surface area contributed by atoms with E-state index in [9.17, 15) is 0 Å². The van der Waals surface area contributed by atoms with E-state index in [1.807, 2.05) is 0 Å². The lowest BCUT2D eigenvalue weighted by molar-refractivity contribution is 0.818. The van der Waals surface area contributed by atoms with Crippen molar-refractivity contribution in [2.24, 2.45) is 5.84 Å². The summed E-state index contributed by atoms with van der Waals surface area (Å²) in [6, 6.07) is 4.17. The molecule has 90 valence electrons. The smallest absolute Gasteiger partial charge is 0.160 e. The molecule has 0 amide bonds. The number of rotatable bonds is 5. The van der Waals surface area contributed by atoms with E-state index in [2.05, 4.69) is 44.7 Å². The molecule has 0 spiro atoms. The van der Waals surface area contributed by atoms with Crippen LogP contribution in [0.3, 0.4) is 0 Å². The van der Waals surface area contributed by atoms with E-state index in [1.54, 1.807) is 23.7 Å².